The standard InChI is InChI=1S/C15H19NO3/c1-5-9-16(10-6-2)15(17)12-7-8-13(18-3)14(11-12)19-4/h1,7-8,11H,6,9-10H2,2-4H3. The molecule has 0 bridgehead atoms. The lowest BCUT2D eigenvalue weighted by molar-refractivity contribution is 0.0776. The number of nitrogens with zero attached hydrogens (tertiary/aromatic N) is 1. The van der Waals surface area contributed by atoms with E-state index in [1.807, 2.05) is 6.92 Å². The second-order valence-corrected chi connectivity index (χ2v) is 4.00. The number of rotatable bonds is 6. The van der Waals surface area contributed by atoms with Crippen LogP contribution in [0.1, 0.15) is 23.7 Å². The zero-order chi connectivity index (χ0) is 14.3. The van der Waals surface area contributed by atoms with E-state index in [9.17, 15) is 4.79 Å². The second-order valence-electron chi connectivity index (χ2n) is 4.00. The third kappa shape index (κ3) is 3.65. The maximum Gasteiger partial charge on any atom is 0.254 e. The molecule has 0 aromatic heterocycles. The van der Waals surface area contributed by atoms with E-state index in [0.29, 0.717) is 30.2 Å². The second kappa shape index (κ2) is 7.32. The highest BCUT2D eigenvalue weighted by atomic mass is 16.5. The van der Waals surface area contributed by atoms with Crippen LogP contribution >= 0.6 is 0 Å². The molecule has 19 heavy (non-hydrogen) atoms. The quantitative estimate of drug-likeness (QED) is 0.737. The van der Waals surface area contributed by atoms with Crippen LogP contribution in [-0.4, -0.2) is 38.1 Å². The molecular weight excluding hydrogens is 242 g/mol. The lowest BCUT2D eigenvalue weighted by Crippen LogP contribution is -2.32. The molecular formula is C15H19NO3. The number of benzene rings is 1. The molecule has 0 heterocycles. The van der Waals surface area contributed by atoms with Gasteiger partial charge in [-0.25, -0.2) is 0 Å². The van der Waals surface area contributed by atoms with Gasteiger partial charge in [-0.05, 0) is 24.6 Å². The van der Waals surface area contributed by atoms with Gasteiger partial charge in [-0.2, -0.15) is 0 Å². The number of ether oxygens (including phenoxy) is 2. The van der Waals surface area contributed by atoms with Gasteiger partial charge in [0.25, 0.3) is 5.91 Å². The smallest absolute Gasteiger partial charge is 0.254 e. The summed E-state index contributed by atoms with van der Waals surface area (Å²) in [5.41, 5.74) is 0.543. The summed E-state index contributed by atoms with van der Waals surface area (Å²) in [7, 11) is 3.10. The maximum absolute atomic E-state index is 12.3. The molecule has 0 N–H and O–H groups in total. The van der Waals surface area contributed by atoms with Gasteiger partial charge in [0.1, 0.15) is 0 Å². The molecule has 1 aromatic carbocycles. The number of terminal acetylenes is 1. The number of carbonyl (C=O) groups is 1. The molecule has 0 radical (unpaired) electrons. The fourth-order valence-electron chi connectivity index (χ4n) is 1.78. The Morgan fingerprint density at radius 2 is 2.00 bits per heavy atom. The normalized spacial score (nSPS) is 9.58. The third-order valence-corrected chi connectivity index (χ3v) is 2.69. The molecule has 0 spiro atoms. The summed E-state index contributed by atoms with van der Waals surface area (Å²) in [6.07, 6.45) is 6.15. The average molecular weight is 261 g/mol. The Balaban J connectivity index is 3.01. The molecule has 0 atom stereocenters. The van der Waals surface area contributed by atoms with Crippen molar-refractivity contribution in [2.75, 3.05) is 27.3 Å². The van der Waals surface area contributed by atoms with E-state index in [1.54, 1.807) is 30.2 Å². The first-order valence-corrected chi connectivity index (χ1v) is 6.12. The average Bonchev–Trinajstić information content (AvgIpc) is 2.45. The van der Waals surface area contributed by atoms with Gasteiger partial charge in [-0.15, -0.1) is 6.42 Å². The maximum atomic E-state index is 12.3. The monoisotopic (exact) mass is 261 g/mol. The van der Waals surface area contributed by atoms with Crippen molar-refractivity contribution in [2.45, 2.75) is 13.3 Å². The first kappa shape index (κ1) is 14.9. The highest BCUT2D eigenvalue weighted by Gasteiger charge is 2.16. The van der Waals surface area contributed by atoms with E-state index < -0.39 is 0 Å². The first-order valence-electron chi connectivity index (χ1n) is 6.12. The molecule has 0 saturated heterocycles. The zero-order valence-electron chi connectivity index (χ0n) is 11.6. The molecule has 0 aliphatic carbocycles. The van der Waals surface area contributed by atoms with E-state index >= 15 is 0 Å². The first-order chi connectivity index (χ1) is 9.17. The van der Waals surface area contributed by atoms with Gasteiger partial charge in [0.05, 0.1) is 20.8 Å². The van der Waals surface area contributed by atoms with Gasteiger partial charge in [0, 0.05) is 12.1 Å². The minimum absolute atomic E-state index is 0.0965. The molecule has 4 nitrogen and oxygen atoms in total. The van der Waals surface area contributed by atoms with E-state index in [2.05, 4.69) is 5.92 Å². The van der Waals surface area contributed by atoms with E-state index in [1.165, 1.54) is 7.11 Å². The molecule has 0 fully saturated rings. The Hall–Kier alpha value is -2.15. The van der Waals surface area contributed by atoms with Crippen LogP contribution in [0.2, 0.25) is 0 Å². The van der Waals surface area contributed by atoms with Gasteiger partial charge >= 0.3 is 0 Å². The van der Waals surface area contributed by atoms with Crippen molar-refractivity contribution in [3.8, 4) is 23.8 Å². The van der Waals surface area contributed by atoms with Crippen LogP contribution in [0.3, 0.4) is 0 Å². The summed E-state index contributed by atoms with van der Waals surface area (Å²) in [5.74, 6) is 3.54. The molecule has 4 heteroatoms. The van der Waals surface area contributed by atoms with Crippen LogP contribution < -0.4 is 9.47 Å². The summed E-state index contributed by atoms with van der Waals surface area (Å²) >= 11 is 0. The van der Waals surface area contributed by atoms with Crippen LogP contribution in [-0.2, 0) is 0 Å². The van der Waals surface area contributed by atoms with Crippen LogP contribution in [0.5, 0.6) is 11.5 Å². The molecule has 0 aliphatic heterocycles. The van der Waals surface area contributed by atoms with Crippen molar-refractivity contribution >= 4 is 5.91 Å². The van der Waals surface area contributed by atoms with E-state index in [4.69, 9.17) is 15.9 Å². The van der Waals surface area contributed by atoms with Gasteiger partial charge in [-0.1, -0.05) is 12.8 Å². The van der Waals surface area contributed by atoms with Crippen LogP contribution in [0.25, 0.3) is 0 Å². The summed E-state index contributed by atoms with van der Waals surface area (Å²) < 4.78 is 10.3. The van der Waals surface area contributed by atoms with Crippen LogP contribution in [0.4, 0.5) is 0 Å². The molecule has 1 aromatic rings. The summed E-state index contributed by atoms with van der Waals surface area (Å²) in [4.78, 5) is 14.0. The van der Waals surface area contributed by atoms with Crippen molar-refractivity contribution in [1.29, 1.82) is 0 Å². The summed E-state index contributed by atoms with van der Waals surface area (Å²) in [6.45, 7) is 2.95. The summed E-state index contributed by atoms with van der Waals surface area (Å²) in [5, 5.41) is 0. The number of hydrogen-bond donors (Lipinski definition) is 0. The van der Waals surface area contributed by atoms with Crippen molar-refractivity contribution in [1.82, 2.24) is 4.90 Å². The highest BCUT2D eigenvalue weighted by molar-refractivity contribution is 5.95. The predicted octanol–water partition coefficient (Wildman–Crippen LogP) is 2.19. The molecule has 0 unspecified atom stereocenters. The zero-order valence-corrected chi connectivity index (χ0v) is 11.6. The Bertz CT molecular complexity index is 477. The molecule has 1 rings (SSSR count). The summed E-state index contributed by atoms with van der Waals surface area (Å²) in [6, 6.07) is 5.09. The fraction of sp³-hybridized carbons (Fsp3) is 0.400. The predicted molar refractivity (Wildman–Crippen MR) is 74.6 cm³/mol. The number of amides is 1. The van der Waals surface area contributed by atoms with Gasteiger partial charge in [0.2, 0.25) is 0 Å². The largest absolute Gasteiger partial charge is 0.493 e. The van der Waals surface area contributed by atoms with Crippen molar-refractivity contribution < 1.29 is 14.3 Å². The molecule has 0 saturated carbocycles. The van der Waals surface area contributed by atoms with E-state index in [0.717, 1.165) is 6.42 Å². The van der Waals surface area contributed by atoms with Crippen molar-refractivity contribution in [2.24, 2.45) is 0 Å². The SMILES string of the molecule is C#CCN(CCC)C(=O)c1ccc(OC)c(OC)c1. The Morgan fingerprint density at radius 1 is 1.32 bits per heavy atom. The van der Waals surface area contributed by atoms with Crippen molar-refractivity contribution in [3.05, 3.63) is 23.8 Å². The fourth-order valence-corrected chi connectivity index (χ4v) is 1.78. The Labute approximate surface area is 114 Å². The van der Waals surface area contributed by atoms with E-state index in [-0.39, 0.29) is 5.91 Å². The topological polar surface area (TPSA) is 38.8 Å². The minimum atomic E-state index is -0.0965. The third-order valence-electron chi connectivity index (χ3n) is 2.69. The van der Waals surface area contributed by atoms with Gasteiger partial charge in [0.15, 0.2) is 11.5 Å². The lowest BCUT2D eigenvalue weighted by atomic mass is 10.1. The molecule has 102 valence electrons. The number of hydrogen-bond acceptors (Lipinski definition) is 3. The van der Waals surface area contributed by atoms with Crippen molar-refractivity contribution in [3.63, 3.8) is 0 Å². The minimum Gasteiger partial charge on any atom is -0.493 e. The molecule has 1 amide bonds. The Kier molecular flexibility index (Phi) is 5.74. The van der Waals surface area contributed by atoms with Crippen LogP contribution in [0, 0.1) is 12.3 Å². The Morgan fingerprint density at radius 3 is 2.53 bits per heavy atom. The van der Waals surface area contributed by atoms with Gasteiger partial charge < -0.3 is 14.4 Å². The number of methoxy groups -OCH3 is 2. The lowest BCUT2D eigenvalue weighted by Gasteiger charge is -2.20. The van der Waals surface area contributed by atoms with Crippen LogP contribution in [0.15, 0.2) is 18.2 Å². The highest BCUT2D eigenvalue weighted by Crippen LogP contribution is 2.28. The molecule has 0 aliphatic rings. The number of carbonyl (C=O) groups excluding carboxylic acids is 1. The van der Waals surface area contributed by atoms with Gasteiger partial charge in [-0.3, -0.25) is 4.79 Å².